The Morgan fingerprint density at radius 2 is 2.05 bits per heavy atom. The first-order valence-electron chi connectivity index (χ1n) is 6.05. The maximum atomic E-state index is 4.49. The summed E-state index contributed by atoms with van der Waals surface area (Å²) in [5.74, 6) is 0.709. The van der Waals surface area contributed by atoms with Gasteiger partial charge in [-0.05, 0) is 11.6 Å². The Labute approximate surface area is 111 Å². The molecular weight excluding hydrogens is 236 g/mol. The third kappa shape index (κ3) is 2.08. The van der Waals surface area contributed by atoms with Gasteiger partial charge < -0.3 is 5.32 Å². The van der Waals surface area contributed by atoms with Gasteiger partial charge in [-0.25, -0.2) is 9.97 Å². The zero-order valence-corrected chi connectivity index (χ0v) is 10.7. The number of aromatic nitrogens is 3. The van der Waals surface area contributed by atoms with Crippen molar-refractivity contribution in [1.82, 2.24) is 19.7 Å². The molecule has 4 nitrogen and oxygen atoms in total. The summed E-state index contributed by atoms with van der Waals surface area (Å²) in [5.41, 5.74) is 3.97. The molecule has 0 radical (unpaired) electrons. The highest BCUT2D eigenvalue weighted by Crippen LogP contribution is 2.20. The van der Waals surface area contributed by atoms with E-state index in [1.165, 1.54) is 0 Å². The predicted octanol–water partition coefficient (Wildman–Crippen LogP) is 2.59. The molecule has 2 heterocycles. The van der Waals surface area contributed by atoms with E-state index in [4.69, 9.17) is 0 Å². The van der Waals surface area contributed by atoms with E-state index in [0.29, 0.717) is 5.78 Å². The summed E-state index contributed by atoms with van der Waals surface area (Å²) in [4.78, 5) is 8.71. The zero-order valence-electron chi connectivity index (χ0n) is 10.7. The SMILES string of the molecule is C=C(NC)c1ccc(-c2cn3cccnc3n2)cc1. The minimum Gasteiger partial charge on any atom is -0.388 e. The van der Waals surface area contributed by atoms with Gasteiger partial charge in [-0.1, -0.05) is 30.8 Å². The van der Waals surface area contributed by atoms with Crippen LogP contribution in [0.25, 0.3) is 22.7 Å². The number of hydrogen-bond donors (Lipinski definition) is 1. The molecule has 3 aromatic rings. The molecule has 2 aromatic heterocycles. The molecule has 0 saturated carbocycles. The van der Waals surface area contributed by atoms with E-state index in [1.54, 1.807) is 6.20 Å². The summed E-state index contributed by atoms with van der Waals surface area (Å²) >= 11 is 0. The summed E-state index contributed by atoms with van der Waals surface area (Å²) in [6, 6.07) is 10.0. The summed E-state index contributed by atoms with van der Waals surface area (Å²) in [6.45, 7) is 3.94. The highest BCUT2D eigenvalue weighted by atomic mass is 15.1. The molecule has 0 saturated heterocycles. The van der Waals surface area contributed by atoms with Gasteiger partial charge in [0, 0.05) is 36.9 Å². The van der Waals surface area contributed by atoms with Gasteiger partial charge in [-0.15, -0.1) is 0 Å². The van der Waals surface area contributed by atoms with Crippen LogP contribution in [0.3, 0.4) is 0 Å². The average molecular weight is 250 g/mol. The Morgan fingerprint density at radius 3 is 2.74 bits per heavy atom. The Bertz CT molecular complexity index is 692. The van der Waals surface area contributed by atoms with Crippen LogP contribution < -0.4 is 5.32 Å². The maximum Gasteiger partial charge on any atom is 0.234 e. The molecule has 0 bridgehead atoms. The van der Waals surface area contributed by atoms with Crippen molar-refractivity contribution < 1.29 is 0 Å². The number of fused-ring (bicyclic) bond motifs is 1. The molecule has 3 rings (SSSR count). The van der Waals surface area contributed by atoms with Gasteiger partial charge in [0.1, 0.15) is 0 Å². The fraction of sp³-hybridized carbons (Fsp3) is 0.0667. The van der Waals surface area contributed by atoms with Crippen LogP contribution in [0, 0.1) is 0 Å². The maximum absolute atomic E-state index is 4.49. The molecule has 0 aliphatic carbocycles. The zero-order chi connectivity index (χ0) is 13.2. The van der Waals surface area contributed by atoms with E-state index < -0.39 is 0 Å². The lowest BCUT2D eigenvalue weighted by Gasteiger charge is -2.05. The summed E-state index contributed by atoms with van der Waals surface area (Å²) in [5, 5.41) is 3.04. The first-order valence-corrected chi connectivity index (χ1v) is 6.05. The number of hydrogen-bond acceptors (Lipinski definition) is 3. The second-order valence-electron chi connectivity index (χ2n) is 4.26. The second kappa shape index (κ2) is 4.57. The smallest absolute Gasteiger partial charge is 0.234 e. The third-order valence-corrected chi connectivity index (χ3v) is 3.07. The number of benzene rings is 1. The highest BCUT2D eigenvalue weighted by molar-refractivity contribution is 5.67. The van der Waals surface area contributed by atoms with Crippen LogP contribution in [0.1, 0.15) is 5.56 Å². The molecule has 1 aromatic carbocycles. The molecule has 0 atom stereocenters. The summed E-state index contributed by atoms with van der Waals surface area (Å²) in [7, 11) is 1.87. The molecule has 0 spiro atoms. The van der Waals surface area contributed by atoms with Crippen molar-refractivity contribution in [2.75, 3.05) is 7.05 Å². The molecule has 1 N–H and O–H groups in total. The Kier molecular flexibility index (Phi) is 2.76. The number of imidazole rings is 1. The molecule has 0 fully saturated rings. The van der Waals surface area contributed by atoms with E-state index in [2.05, 4.69) is 21.9 Å². The van der Waals surface area contributed by atoms with Gasteiger partial charge in [0.25, 0.3) is 0 Å². The van der Waals surface area contributed by atoms with Gasteiger partial charge in [-0.3, -0.25) is 4.40 Å². The minimum absolute atomic E-state index is 0.709. The Hall–Kier alpha value is -2.62. The van der Waals surface area contributed by atoms with E-state index in [0.717, 1.165) is 22.5 Å². The average Bonchev–Trinajstić information content (AvgIpc) is 2.90. The summed E-state index contributed by atoms with van der Waals surface area (Å²) in [6.07, 6.45) is 5.66. The fourth-order valence-corrected chi connectivity index (χ4v) is 1.96. The van der Waals surface area contributed by atoms with E-state index in [-0.39, 0.29) is 0 Å². The number of nitrogens with zero attached hydrogens (tertiary/aromatic N) is 3. The third-order valence-electron chi connectivity index (χ3n) is 3.07. The van der Waals surface area contributed by atoms with Gasteiger partial charge >= 0.3 is 0 Å². The van der Waals surface area contributed by atoms with Crippen molar-refractivity contribution in [2.45, 2.75) is 0 Å². The number of rotatable bonds is 3. The standard InChI is InChI=1S/C15H14N4/c1-11(16-2)12-4-6-13(7-5-12)14-10-19-9-3-8-17-15(19)18-14/h3-10,16H,1H2,2H3. The molecule has 4 heteroatoms. The first-order chi connectivity index (χ1) is 9.28. The van der Waals surface area contributed by atoms with Crippen molar-refractivity contribution in [1.29, 1.82) is 0 Å². The van der Waals surface area contributed by atoms with Gasteiger partial charge in [0.2, 0.25) is 5.78 Å². The molecule has 94 valence electrons. The first kappa shape index (κ1) is 11.5. The molecule has 0 aliphatic heterocycles. The molecular formula is C15H14N4. The van der Waals surface area contributed by atoms with Crippen molar-refractivity contribution in [3.63, 3.8) is 0 Å². The van der Waals surface area contributed by atoms with E-state index in [9.17, 15) is 0 Å². The summed E-state index contributed by atoms with van der Waals surface area (Å²) < 4.78 is 1.91. The topological polar surface area (TPSA) is 42.2 Å². The predicted molar refractivity (Wildman–Crippen MR) is 76.5 cm³/mol. The largest absolute Gasteiger partial charge is 0.388 e. The van der Waals surface area contributed by atoms with Crippen molar-refractivity contribution >= 4 is 11.5 Å². The molecule has 0 amide bonds. The Balaban J connectivity index is 1.99. The normalized spacial score (nSPS) is 10.6. The van der Waals surface area contributed by atoms with Crippen molar-refractivity contribution in [3.05, 3.63) is 61.1 Å². The van der Waals surface area contributed by atoms with Crippen LogP contribution in [0.4, 0.5) is 0 Å². The van der Waals surface area contributed by atoms with Gasteiger partial charge in [0.15, 0.2) is 0 Å². The molecule has 19 heavy (non-hydrogen) atoms. The second-order valence-corrected chi connectivity index (χ2v) is 4.26. The minimum atomic E-state index is 0.709. The van der Waals surface area contributed by atoms with E-state index in [1.807, 2.05) is 54.2 Å². The lowest BCUT2D eigenvalue weighted by atomic mass is 10.1. The van der Waals surface area contributed by atoms with Crippen molar-refractivity contribution in [3.8, 4) is 11.3 Å². The lowest BCUT2D eigenvalue weighted by Crippen LogP contribution is -2.02. The number of nitrogens with one attached hydrogen (secondary N) is 1. The molecule has 0 unspecified atom stereocenters. The Morgan fingerprint density at radius 1 is 1.26 bits per heavy atom. The van der Waals surface area contributed by atoms with Crippen LogP contribution in [0.2, 0.25) is 0 Å². The van der Waals surface area contributed by atoms with Crippen LogP contribution >= 0.6 is 0 Å². The van der Waals surface area contributed by atoms with Crippen LogP contribution in [-0.4, -0.2) is 21.4 Å². The van der Waals surface area contributed by atoms with Crippen LogP contribution in [0.15, 0.2) is 55.5 Å². The van der Waals surface area contributed by atoms with E-state index >= 15 is 0 Å². The highest BCUT2D eigenvalue weighted by Gasteiger charge is 2.05. The van der Waals surface area contributed by atoms with Crippen molar-refractivity contribution in [2.24, 2.45) is 0 Å². The van der Waals surface area contributed by atoms with Gasteiger partial charge in [-0.2, -0.15) is 0 Å². The van der Waals surface area contributed by atoms with Crippen LogP contribution in [-0.2, 0) is 0 Å². The quantitative estimate of drug-likeness (QED) is 0.777. The monoisotopic (exact) mass is 250 g/mol. The van der Waals surface area contributed by atoms with Crippen LogP contribution in [0.5, 0.6) is 0 Å². The fourth-order valence-electron chi connectivity index (χ4n) is 1.96. The van der Waals surface area contributed by atoms with Gasteiger partial charge in [0.05, 0.1) is 5.69 Å². The molecule has 0 aliphatic rings. The lowest BCUT2D eigenvalue weighted by molar-refractivity contribution is 1.11.